The molecule has 1 atom stereocenters. The number of rotatable bonds is 2. The highest BCUT2D eigenvalue weighted by molar-refractivity contribution is 5.94. The maximum Gasteiger partial charge on any atom is 0.255 e. The number of amides is 2. The van der Waals surface area contributed by atoms with E-state index in [1.54, 1.807) is 37.7 Å². The first-order valence-corrected chi connectivity index (χ1v) is 9.62. The summed E-state index contributed by atoms with van der Waals surface area (Å²) in [5, 5.41) is 3.58. The summed E-state index contributed by atoms with van der Waals surface area (Å²) >= 11 is 0. The molecular weight excluding hydrogens is 356 g/mol. The van der Waals surface area contributed by atoms with Crippen molar-refractivity contribution in [1.82, 2.24) is 30.1 Å². The topological polar surface area (TPSA) is 94.2 Å². The van der Waals surface area contributed by atoms with Gasteiger partial charge in [-0.3, -0.25) is 19.9 Å². The van der Waals surface area contributed by atoms with Crippen LogP contribution >= 0.6 is 0 Å². The molecule has 2 N–H and O–H groups in total. The zero-order valence-electron chi connectivity index (χ0n) is 16.5. The summed E-state index contributed by atoms with van der Waals surface area (Å²) in [6, 6.07) is 1.59. The first kappa shape index (κ1) is 18.6. The van der Waals surface area contributed by atoms with E-state index in [9.17, 15) is 9.59 Å². The zero-order chi connectivity index (χ0) is 19.9. The minimum absolute atomic E-state index is 0.00466. The van der Waals surface area contributed by atoms with E-state index in [0.717, 1.165) is 17.0 Å². The molecule has 0 saturated carbocycles. The van der Waals surface area contributed by atoms with Crippen molar-refractivity contribution in [2.75, 3.05) is 27.2 Å². The van der Waals surface area contributed by atoms with E-state index in [2.05, 4.69) is 20.3 Å². The van der Waals surface area contributed by atoms with Crippen molar-refractivity contribution in [3.05, 3.63) is 47.3 Å². The molecule has 0 aliphatic carbocycles. The van der Waals surface area contributed by atoms with E-state index in [0.29, 0.717) is 37.9 Å². The predicted octanol–water partition coefficient (Wildman–Crippen LogP) is 0.847. The molecular formula is C20H26N6O2. The van der Waals surface area contributed by atoms with Crippen molar-refractivity contribution in [3.63, 3.8) is 0 Å². The van der Waals surface area contributed by atoms with E-state index >= 15 is 0 Å². The van der Waals surface area contributed by atoms with E-state index in [4.69, 9.17) is 0 Å². The molecule has 1 saturated heterocycles. The Morgan fingerprint density at radius 3 is 2.68 bits per heavy atom. The third-order valence-electron chi connectivity index (χ3n) is 5.80. The fraction of sp³-hybridized carbons (Fsp3) is 0.500. The summed E-state index contributed by atoms with van der Waals surface area (Å²) in [5.41, 5.74) is 3.21. The highest BCUT2D eigenvalue weighted by atomic mass is 16.2. The second-order valence-corrected chi connectivity index (χ2v) is 7.99. The van der Waals surface area contributed by atoms with Crippen molar-refractivity contribution in [3.8, 4) is 0 Å². The van der Waals surface area contributed by atoms with Gasteiger partial charge in [-0.05, 0) is 31.4 Å². The van der Waals surface area contributed by atoms with Crippen LogP contribution in [0.3, 0.4) is 0 Å². The summed E-state index contributed by atoms with van der Waals surface area (Å²) in [6.45, 7) is 3.14. The number of aryl methyl sites for hydroxylation is 1. The lowest BCUT2D eigenvalue weighted by Crippen LogP contribution is -2.61. The molecule has 8 heteroatoms. The third kappa shape index (κ3) is 3.17. The number of fused-ring (bicyclic) bond motifs is 2. The van der Waals surface area contributed by atoms with Gasteiger partial charge in [-0.1, -0.05) is 0 Å². The molecule has 0 aromatic carbocycles. The van der Waals surface area contributed by atoms with Crippen molar-refractivity contribution in [2.45, 2.75) is 37.8 Å². The summed E-state index contributed by atoms with van der Waals surface area (Å²) in [7, 11) is 3.55. The summed E-state index contributed by atoms with van der Waals surface area (Å²) < 4.78 is 0. The molecule has 2 amide bonds. The molecule has 0 bridgehead atoms. The number of aromatic nitrogens is 3. The van der Waals surface area contributed by atoms with Gasteiger partial charge in [0, 0.05) is 51.7 Å². The maximum absolute atomic E-state index is 12.9. The first-order valence-electron chi connectivity index (χ1n) is 9.62. The van der Waals surface area contributed by atoms with Gasteiger partial charge in [-0.2, -0.15) is 0 Å². The van der Waals surface area contributed by atoms with Crippen LogP contribution in [0, 0.1) is 6.92 Å². The quantitative estimate of drug-likeness (QED) is 0.803. The number of piperidine rings is 1. The van der Waals surface area contributed by atoms with Crippen LogP contribution in [-0.4, -0.2) is 69.8 Å². The summed E-state index contributed by atoms with van der Waals surface area (Å²) in [6.07, 6.45) is 7.10. The smallest absolute Gasteiger partial charge is 0.255 e. The van der Waals surface area contributed by atoms with E-state index in [1.807, 2.05) is 17.9 Å². The molecule has 2 aliphatic heterocycles. The highest BCUT2D eigenvalue weighted by Gasteiger charge is 2.46. The van der Waals surface area contributed by atoms with Crippen LogP contribution in [0.2, 0.25) is 0 Å². The van der Waals surface area contributed by atoms with Gasteiger partial charge in [0.05, 0.1) is 29.2 Å². The molecule has 1 fully saturated rings. The number of hydrogen-bond donors (Lipinski definition) is 2. The van der Waals surface area contributed by atoms with Crippen LogP contribution in [0.15, 0.2) is 24.8 Å². The minimum Gasteiger partial charge on any atom is -0.348 e. The number of hydrogen-bond acceptors (Lipinski definition) is 5. The van der Waals surface area contributed by atoms with Crippen LogP contribution in [0.1, 0.15) is 40.2 Å². The second-order valence-electron chi connectivity index (χ2n) is 7.99. The second kappa shape index (κ2) is 7.01. The van der Waals surface area contributed by atoms with Crippen molar-refractivity contribution < 1.29 is 9.59 Å². The molecule has 1 spiro atoms. The van der Waals surface area contributed by atoms with Crippen LogP contribution < -0.4 is 5.32 Å². The number of imidazole rings is 1. The fourth-order valence-electron chi connectivity index (χ4n) is 4.33. The summed E-state index contributed by atoms with van der Waals surface area (Å²) in [4.78, 5) is 40.9. The highest BCUT2D eigenvalue weighted by Crippen LogP contribution is 2.37. The van der Waals surface area contributed by atoms with Crippen LogP contribution in [-0.2, 0) is 16.8 Å². The Kier molecular flexibility index (Phi) is 4.66. The number of aromatic amines is 1. The van der Waals surface area contributed by atoms with Gasteiger partial charge < -0.3 is 14.8 Å². The van der Waals surface area contributed by atoms with Gasteiger partial charge in [0.1, 0.15) is 0 Å². The van der Waals surface area contributed by atoms with Crippen molar-refractivity contribution >= 4 is 11.8 Å². The van der Waals surface area contributed by atoms with Gasteiger partial charge in [0.25, 0.3) is 5.91 Å². The van der Waals surface area contributed by atoms with Crippen LogP contribution in [0.5, 0.6) is 0 Å². The Balaban J connectivity index is 1.54. The number of carbonyl (C=O) groups excluding carboxylic acids is 2. The maximum atomic E-state index is 12.9. The molecule has 2 aromatic heterocycles. The van der Waals surface area contributed by atoms with Crippen molar-refractivity contribution in [2.24, 2.45) is 0 Å². The molecule has 0 unspecified atom stereocenters. The molecule has 8 nitrogen and oxygen atoms in total. The Morgan fingerprint density at radius 2 is 2.00 bits per heavy atom. The van der Waals surface area contributed by atoms with E-state index < -0.39 is 0 Å². The average Bonchev–Trinajstić information content (AvgIpc) is 3.17. The molecule has 148 valence electrons. The zero-order valence-corrected chi connectivity index (χ0v) is 16.5. The Hall–Kier alpha value is -2.74. The average molecular weight is 382 g/mol. The first-order chi connectivity index (χ1) is 13.4. The van der Waals surface area contributed by atoms with Crippen molar-refractivity contribution in [1.29, 1.82) is 0 Å². The monoisotopic (exact) mass is 382 g/mol. The van der Waals surface area contributed by atoms with Crippen LogP contribution in [0.25, 0.3) is 0 Å². The molecule has 4 heterocycles. The predicted molar refractivity (Wildman–Crippen MR) is 104 cm³/mol. The van der Waals surface area contributed by atoms with Gasteiger partial charge in [0.15, 0.2) is 0 Å². The standard InChI is InChI=1S/C20H26N6O2/c1-13-8-14(11-21-10-13)18(27)26-6-4-20(5-7-26)17-15(22-12-23-17)9-16(24-20)19(28)25(2)3/h8,10-12,16,24H,4-7,9H2,1-3H3,(H,22,23)/t16-/m0/s1. The Labute approximate surface area is 164 Å². The number of pyridine rings is 1. The number of nitrogens with one attached hydrogen (secondary N) is 2. The number of likely N-dealkylation sites (N-methyl/N-ethyl adjacent to an activating group) is 1. The lowest BCUT2D eigenvalue weighted by atomic mass is 9.78. The number of likely N-dealkylation sites (tertiary alicyclic amines) is 1. The largest absolute Gasteiger partial charge is 0.348 e. The van der Waals surface area contributed by atoms with Gasteiger partial charge in [0.2, 0.25) is 5.91 Å². The Morgan fingerprint density at radius 1 is 1.25 bits per heavy atom. The fourth-order valence-corrected chi connectivity index (χ4v) is 4.33. The molecule has 2 aliphatic rings. The number of nitrogens with zero attached hydrogens (tertiary/aromatic N) is 4. The number of carbonyl (C=O) groups is 2. The SMILES string of the molecule is Cc1cncc(C(=O)N2CCC3(CC2)N[C@H](C(=O)N(C)C)Cc2[nH]cnc23)c1. The Bertz CT molecular complexity index is 898. The van der Waals surface area contributed by atoms with Gasteiger partial charge in [-0.25, -0.2) is 4.98 Å². The molecule has 28 heavy (non-hydrogen) atoms. The molecule has 0 radical (unpaired) electrons. The summed E-state index contributed by atoms with van der Waals surface area (Å²) in [5.74, 6) is 0.0639. The lowest BCUT2D eigenvalue weighted by molar-refractivity contribution is -0.132. The van der Waals surface area contributed by atoms with Gasteiger partial charge in [-0.15, -0.1) is 0 Å². The number of H-pyrrole nitrogens is 1. The van der Waals surface area contributed by atoms with Crippen LogP contribution in [0.4, 0.5) is 0 Å². The van der Waals surface area contributed by atoms with E-state index in [-0.39, 0.29) is 23.4 Å². The van der Waals surface area contributed by atoms with E-state index in [1.165, 1.54) is 0 Å². The minimum atomic E-state index is -0.383. The normalized spacial score (nSPS) is 20.7. The molecule has 4 rings (SSSR count). The van der Waals surface area contributed by atoms with Gasteiger partial charge >= 0.3 is 0 Å². The molecule has 2 aromatic rings. The lowest BCUT2D eigenvalue weighted by Gasteiger charge is -2.46. The third-order valence-corrected chi connectivity index (χ3v) is 5.80.